The monoisotopic (exact) mass is 157 g/mol. The third-order valence-electron chi connectivity index (χ3n) is 1.31. The van der Waals surface area contributed by atoms with Crippen LogP contribution in [0.15, 0.2) is 12.2 Å². The first kappa shape index (κ1) is 10.2. The van der Waals surface area contributed by atoms with Crippen molar-refractivity contribution in [3.63, 3.8) is 0 Å². The van der Waals surface area contributed by atoms with Gasteiger partial charge in [0.05, 0.1) is 12.5 Å². The molecule has 0 radical (unpaired) electrons. The van der Waals surface area contributed by atoms with Gasteiger partial charge in [-0.15, -0.1) is 0 Å². The summed E-state index contributed by atoms with van der Waals surface area (Å²) in [7, 11) is 0. The molecule has 0 aromatic carbocycles. The van der Waals surface area contributed by atoms with Crippen LogP contribution in [0.1, 0.15) is 13.8 Å². The first-order chi connectivity index (χ1) is 5.22. The summed E-state index contributed by atoms with van der Waals surface area (Å²) in [5, 5.41) is 11.0. The lowest BCUT2D eigenvalue weighted by Gasteiger charge is -2.05. The Kier molecular flexibility index (Phi) is 5.47. The van der Waals surface area contributed by atoms with E-state index in [9.17, 15) is 4.79 Å². The summed E-state index contributed by atoms with van der Waals surface area (Å²) in [5.41, 5.74) is 0. The van der Waals surface area contributed by atoms with E-state index in [2.05, 4.69) is 5.32 Å². The minimum Gasteiger partial charge on any atom is -0.395 e. The number of amides is 1. The molecule has 3 nitrogen and oxygen atoms in total. The van der Waals surface area contributed by atoms with Gasteiger partial charge >= 0.3 is 0 Å². The maximum absolute atomic E-state index is 11.0. The lowest BCUT2D eigenvalue weighted by molar-refractivity contribution is -0.123. The zero-order valence-corrected chi connectivity index (χ0v) is 7.00. The molecule has 11 heavy (non-hydrogen) atoms. The molecular weight excluding hydrogens is 142 g/mol. The number of allylic oxidation sites excluding steroid dienone is 1. The Morgan fingerprint density at radius 1 is 1.73 bits per heavy atom. The summed E-state index contributed by atoms with van der Waals surface area (Å²) in [6, 6.07) is 0. The molecular formula is C8H15NO2. The van der Waals surface area contributed by atoms with E-state index in [1.54, 1.807) is 0 Å². The van der Waals surface area contributed by atoms with E-state index in [0.29, 0.717) is 6.54 Å². The van der Waals surface area contributed by atoms with Gasteiger partial charge in [0.1, 0.15) is 0 Å². The van der Waals surface area contributed by atoms with Crippen molar-refractivity contribution in [3.05, 3.63) is 12.2 Å². The van der Waals surface area contributed by atoms with Crippen molar-refractivity contribution < 1.29 is 9.90 Å². The van der Waals surface area contributed by atoms with E-state index in [0.717, 1.165) is 0 Å². The second-order valence-corrected chi connectivity index (χ2v) is 2.33. The molecule has 64 valence electrons. The van der Waals surface area contributed by atoms with Crippen LogP contribution in [0.2, 0.25) is 0 Å². The van der Waals surface area contributed by atoms with Crippen LogP contribution in [-0.2, 0) is 4.79 Å². The smallest absolute Gasteiger partial charge is 0.226 e. The second-order valence-electron chi connectivity index (χ2n) is 2.33. The summed E-state index contributed by atoms with van der Waals surface area (Å²) < 4.78 is 0. The fourth-order valence-corrected chi connectivity index (χ4v) is 0.716. The van der Waals surface area contributed by atoms with Crippen molar-refractivity contribution >= 4 is 5.91 Å². The van der Waals surface area contributed by atoms with E-state index in [4.69, 9.17) is 5.11 Å². The number of carbonyl (C=O) groups excluding carboxylic acids is 1. The number of aliphatic hydroxyl groups is 1. The maximum atomic E-state index is 11.0. The van der Waals surface area contributed by atoms with Crippen LogP contribution in [0, 0.1) is 5.92 Å². The molecule has 2 N–H and O–H groups in total. The molecule has 0 heterocycles. The summed E-state index contributed by atoms with van der Waals surface area (Å²) in [4.78, 5) is 11.0. The van der Waals surface area contributed by atoms with Crippen LogP contribution in [0.25, 0.3) is 0 Å². The molecule has 0 saturated heterocycles. The van der Waals surface area contributed by atoms with Crippen molar-refractivity contribution in [2.24, 2.45) is 5.92 Å². The van der Waals surface area contributed by atoms with E-state index >= 15 is 0 Å². The van der Waals surface area contributed by atoms with Crippen molar-refractivity contribution in [1.82, 2.24) is 5.32 Å². The number of hydrogen-bond donors (Lipinski definition) is 2. The van der Waals surface area contributed by atoms with E-state index in [-0.39, 0.29) is 18.4 Å². The summed E-state index contributed by atoms with van der Waals surface area (Å²) >= 11 is 0. The van der Waals surface area contributed by atoms with Gasteiger partial charge in [-0.3, -0.25) is 4.79 Å². The third-order valence-corrected chi connectivity index (χ3v) is 1.31. The Morgan fingerprint density at radius 2 is 2.36 bits per heavy atom. The maximum Gasteiger partial charge on any atom is 0.226 e. The van der Waals surface area contributed by atoms with Gasteiger partial charge < -0.3 is 10.4 Å². The van der Waals surface area contributed by atoms with Gasteiger partial charge in [-0.25, -0.2) is 0 Å². The van der Waals surface area contributed by atoms with E-state index in [1.165, 1.54) is 0 Å². The zero-order chi connectivity index (χ0) is 8.69. The zero-order valence-electron chi connectivity index (χ0n) is 7.00. The average Bonchev–Trinajstić information content (AvgIpc) is 2.00. The van der Waals surface area contributed by atoms with Crippen LogP contribution in [0.5, 0.6) is 0 Å². The molecule has 1 atom stereocenters. The van der Waals surface area contributed by atoms with Crippen LogP contribution >= 0.6 is 0 Å². The molecule has 0 bridgehead atoms. The second kappa shape index (κ2) is 5.92. The quantitative estimate of drug-likeness (QED) is 0.577. The van der Waals surface area contributed by atoms with Gasteiger partial charge in [-0.05, 0) is 6.92 Å². The predicted octanol–water partition coefficient (Wildman–Crippen LogP) is 0.307. The van der Waals surface area contributed by atoms with Crippen LogP contribution < -0.4 is 5.32 Å². The average molecular weight is 157 g/mol. The van der Waals surface area contributed by atoms with Crippen LogP contribution in [0.3, 0.4) is 0 Å². The van der Waals surface area contributed by atoms with E-state index in [1.807, 2.05) is 26.0 Å². The number of rotatable bonds is 4. The molecule has 3 heteroatoms. The molecule has 0 aliphatic carbocycles. The molecule has 0 aromatic heterocycles. The van der Waals surface area contributed by atoms with Gasteiger partial charge in [0.2, 0.25) is 5.91 Å². The van der Waals surface area contributed by atoms with Crippen molar-refractivity contribution in [1.29, 1.82) is 0 Å². The number of hydrogen-bond acceptors (Lipinski definition) is 2. The van der Waals surface area contributed by atoms with Gasteiger partial charge in [0.15, 0.2) is 0 Å². The molecule has 0 aliphatic heterocycles. The molecule has 0 aromatic rings. The predicted molar refractivity (Wildman–Crippen MR) is 44.1 cm³/mol. The van der Waals surface area contributed by atoms with Gasteiger partial charge in [-0.1, -0.05) is 19.1 Å². The highest BCUT2D eigenvalue weighted by Crippen LogP contribution is 1.95. The minimum atomic E-state index is -0.105. The molecule has 1 amide bonds. The molecule has 0 saturated carbocycles. The summed E-state index contributed by atoms with van der Waals surface area (Å²) in [5.74, 6) is -0.149. The topological polar surface area (TPSA) is 49.3 Å². The SMILES string of the molecule is CC=CC(C)C(=O)NCCO. The Bertz CT molecular complexity index is 143. The molecule has 0 fully saturated rings. The number of nitrogens with one attached hydrogen (secondary N) is 1. The lowest BCUT2D eigenvalue weighted by atomic mass is 10.1. The molecule has 0 spiro atoms. The molecule has 0 aliphatic rings. The fourth-order valence-electron chi connectivity index (χ4n) is 0.716. The number of carbonyl (C=O) groups is 1. The minimum absolute atomic E-state index is 0.00566. The third kappa shape index (κ3) is 4.56. The standard InChI is InChI=1S/C8H15NO2/c1-3-4-7(2)8(11)9-5-6-10/h3-4,7,10H,5-6H2,1-2H3,(H,9,11). The van der Waals surface area contributed by atoms with Crippen molar-refractivity contribution in [2.75, 3.05) is 13.2 Å². The van der Waals surface area contributed by atoms with Crippen LogP contribution in [0.4, 0.5) is 0 Å². The van der Waals surface area contributed by atoms with E-state index < -0.39 is 0 Å². The van der Waals surface area contributed by atoms with Crippen LogP contribution in [-0.4, -0.2) is 24.2 Å². The fraction of sp³-hybridized carbons (Fsp3) is 0.625. The first-order valence-electron chi connectivity index (χ1n) is 3.73. The highest BCUT2D eigenvalue weighted by Gasteiger charge is 2.06. The Morgan fingerprint density at radius 3 is 2.82 bits per heavy atom. The highest BCUT2D eigenvalue weighted by atomic mass is 16.3. The Labute approximate surface area is 67.1 Å². The van der Waals surface area contributed by atoms with Gasteiger partial charge in [-0.2, -0.15) is 0 Å². The van der Waals surface area contributed by atoms with Gasteiger partial charge in [0, 0.05) is 6.54 Å². The molecule has 1 unspecified atom stereocenters. The lowest BCUT2D eigenvalue weighted by Crippen LogP contribution is -2.30. The Balaban J connectivity index is 3.64. The largest absolute Gasteiger partial charge is 0.395 e. The Hall–Kier alpha value is -0.830. The molecule has 0 rings (SSSR count). The van der Waals surface area contributed by atoms with Crippen molar-refractivity contribution in [2.45, 2.75) is 13.8 Å². The first-order valence-corrected chi connectivity index (χ1v) is 3.73. The van der Waals surface area contributed by atoms with Crippen molar-refractivity contribution in [3.8, 4) is 0 Å². The highest BCUT2D eigenvalue weighted by molar-refractivity contribution is 5.79. The normalized spacial score (nSPS) is 13.4. The summed E-state index contributed by atoms with van der Waals surface area (Å²) in [6.45, 7) is 4.01. The van der Waals surface area contributed by atoms with Gasteiger partial charge in [0.25, 0.3) is 0 Å². The summed E-state index contributed by atoms with van der Waals surface area (Å²) in [6.07, 6.45) is 3.65. The number of aliphatic hydroxyl groups excluding tert-OH is 1.